The number of hydrogen-bond acceptors (Lipinski definition) is 4. The number of aromatic nitrogens is 1. The molecule has 4 nitrogen and oxygen atoms in total. The van der Waals surface area contributed by atoms with Crippen molar-refractivity contribution in [1.29, 1.82) is 0 Å². The first-order chi connectivity index (χ1) is 6.81. The summed E-state index contributed by atoms with van der Waals surface area (Å²) < 4.78 is 4.95. The number of rotatable bonds is 2. The smallest absolute Gasteiger partial charge is 0.158 e. The molecule has 3 N–H and O–H groups in total. The molecule has 2 rings (SSSR count). The van der Waals surface area contributed by atoms with Crippen molar-refractivity contribution in [2.24, 2.45) is 5.73 Å². The van der Waals surface area contributed by atoms with Gasteiger partial charge in [-0.2, -0.15) is 0 Å². The summed E-state index contributed by atoms with van der Waals surface area (Å²) in [4.78, 5) is 0. The number of aromatic hydroxyl groups is 1. The Labute approximate surface area is 81.0 Å². The van der Waals surface area contributed by atoms with Crippen LogP contribution in [0.4, 0.5) is 0 Å². The topological polar surface area (TPSA) is 72.3 Å². The maximum Gasteiger partial charge on any atom is 0.158 e. The fraction of sp³-hybridized carbons (Fsp3) is 0.100. The lowest BCUT2D eigenvalue weighted by Gasteiger charge is -1.99. The van der Waals surface area contributed by atoms with Gasteiger partial charge < -0.3 is 15.4 Å². The summed E-state index contributed by atoms with van der Waals surface area (Å²) in [5.74, 6) is 0.835. The highest BCUT2D eigenvalue weighted by Crippen LogP contribution is 2.25. The number of phenolic OH excluding ortho intramolecular Hbond substituents is 1. The minimum Gasteiger partial charge on any atom is -0.508 e. The zero-order valence-electron chi connectivity index (χ0n) is 7.47. The Hall–Kier alpha value is -1.81. The average Bonchev–Trinajstić information content (AvgIpc) is 2.65. The summed E-state index contributed by atoms with van der Waals surface area (Å²) >= 11 is 0. The minimum absolute atomic E-state index is 0.215. The molecule has 0 unspecified atom stereocenters. The van der Waals surface area contributed by atoms with Gasteiger partial charge in [0.1, 0.15) is 5.75 Å². The SMILES string of the molecule is NCc1oncc1-c1cccc(O)c1. The van der Waals surface area contributed by atoms with E-state index >= 15 is 0 Å². The van der Waals surface area contributed by atoms with Crippen molar-refractivity contribution >= 4 is 0 Å². The molecule has 0 spiro atoms. The third kappa shape index (κ3) is 1.47. The molecular weight excluding hydrogens is 180 g/mol. The van der Waals surface area contributed by atoms with Crippen LogP contribution in [0.2, 0.25) is 0 Å². The van der Waals surface area contributed by atoms with E-state index in [9.17, 15) is 5.11 Å². The molecule has 0 atom stereocenters. The van der Waals surface area contributed by atoms with Gasteiger partial charge in [-0.05, 0) is 17.7 Å². The Bertz CT molecular complexity index is 437. The number of nitrogens with zero attached hydrogens (tertiary/aromatic N) is 1. The molecule has 1 aromatic heterocycles. The van der Waals surface area contributed by atoms with Crippen molar-refractivity contribution < 1.29 is 9.63 Å². The maximum absolute atomic E-state index is 9.29. The second-order valence-corrected chi connectivity index (χ2v) is 2.92. The highest BCUT2D eigenvalue weighted by molar-refractivity contribution is 5.65. The highest BCUT2D eigenvalue weighted by atomic mass is 16.5. The highest BCUT2D eigenvalue weighted by Gasteiger charge is 2.08. The molecule has 0 radical (unpaired) electrons. The van der Waals surface area contributed by atoms with E-state index in [1.165, 1.54) is 0 Å². The van der Waals surface area contributed by atoms with Crippen molar-refractivity contribution in [3.8, 4) is 16.9 Å². The normalized spacial score (nSPS) is 10.4. The van der Waals surface area contributed by atoms with Crippen LogP contribution in [0.5, 0.6) is 5.75 Å². The lowest BCUT2D eigenvalue weighted by atomic mass is 10.1. The summed E-state index contributed by atoms with van der Waals surface area (Å²) in [6.45, 7) is 0.297. The fourth-order valence-corrected chi connectivity index (χ4v) is 1.32. The molecule has 14 heavy (non-hydrogen) atoms. The van der Waals surface area contributed by atoms with E-state index in [4.69, 9.17) is 10.3 Å². The van der Waals surface area contributed by atoms with Crippen LogP contribution < -0.4 is 5.73 Å². The summed E-state index contributed by atoms with van der Waals surface area (Å²) in [5, 5.41) is 13.0. The largest absolute Gasteiger partial charge is 0.508 e. The van der Waals surface area contributed by atoms with E-state index in [0.29, 0.717) is 12.3 Å². The van der Waals surface area contributed by atoms with E-state index in [0.717, 1.165) is 11.1 Å². The summed E-state index contributed by atoms with van der Waals surface area (Å²) in [7, 11) is 0. The zero-order chi connectivity index (χ0) is 9.97. The average molecular weight is 190 g/mol. The molecule has 0 saturated carbocycles. The molecule has 0 amide bonds. The van der Waals surface area contributed by atoms with Crippen molar-refractivity contribution in [2.45, 2.75) is 6.54 Å². The molecular formula is C10H10N2O2. The number of nitrogens with two attached hydrogens (primary N) is 1. The van der Waals surface area contributed by atoms with Gasteiger partial charge in [0.05, 0.1) is 12.7 Å². The molecule has 0 saturated heterocycles. The molecule has 0 aliphatic heterocycles. The van der Waals surface area contributed by atoms with Crippen molar-refractivity contribution in [1.82, 2.24) is 5.16 Å². The predicted molar refractivity (Wildman–Crippen MR) is 51.5 cm³/mol. The van der Waals surface area contributed by atoms with Crippen LogP contribution in [-0.4, -0.2) is 10.3 Å². The minimum atomic E-state index is 0.215. The molecule has 4 heteroatoms. The van der Waals surface area contributed by atoms with E-state index < -0.39 is 0 Å². The van der Waals surface area contributed by atoms with Crippen LogP contribution in [0, 0.1) is 0 Å². The molecule has 2 aromatic rings. The van der Waals surface area contributed by atoms with Gasteiger partial charge in [0.15, 0.2) is 5.76 Å². The van der Waals surface area contributed by atoms with Gasteiger partial charge in [-0.15, -0.1) is 0 Å². The van der Waals surface area contributed by atoms with Crippen LogP contribution in [0.1, 0.15) is 5.76 Å². The fourth-order valence-electron chi connectivity index (χ4n) is 1.32. The third-order valence-electron chi connectivity index (χ3n) is 1.99. The third-order valence-corrected chi connectivity index (χ3v) is 1.99. The first kappa shape index (κ1) is 8.77. The summed E-state index contributed by atoms with van der Waals surface area (Å²) in [5.41, 5.74) is 7.15. The first-order valence-electron chi connectivity index (χ1n) is 4.24. The Morgan fingerprint density at radius 2 is 2.29 bits per heavy atom. The predicted octanol–water partition coefficient (Wildman–Crippen LogP) is 1.51. The molecule has 1 aromatic carbocycles. The van der Waals surface area contributed by atoms with Gasteiger partial charge in [-0.25, -0.2) is 0 Å². The molecule has 1 heterocycles. The Balaban J connectivity index is 2.49. The monoisotopic (exact) mass is 190 g/mol. The van der Waals surface area contributed by atoms with E-state index in [2.05, 4.69) is 5.16 Å². The van der Waals surface area contributed by atoms with Gasteiger partial charge in [0.2, 0.25) is 0 Å². The van der Waals surface area contributed by atoms with Crippen LogP contribution in [0.15, 0.2) is 35.0 Å². The standard InChI is InChI=1S/C10H10N2O2/c11-5-10-9(6-12-14-10)7-2-1-3-8(13)4-7/h1-4,6,13H,5,11H2. The number of hydrogen-bond donors (Lipinski definition) is 2. The lowest BCUT2D eigenvalue weighted by molar-refractivity contribution is 0.385. The van der Waals surface area contributed by atoms with Gasteiger partial charge in [-0.1, -0.05) is 17.3 Å². The molecule has 0 bridgehead atoms. The van der Waals surface area contributed by atoms with Gasteiger partial charge >= 0.3 is 0 Å². The summed E-state index contributed by atoms with van der Waals surface area (Å²) in [6, 6.07) is 6.88. The van der Waals surface area contributed by atoms with E-state index in [-0.39, 0.29) is 5.75 Å². The molecule has 72 valence electrons. The molecule has 0 aliphatic carbocycles. The molecule has 0 aliphatic rings. The Kier molecular flexibility index (Phi) is 2.20. The first-order valence-corrected chi connectivity index (χ1v) is 4.24. The number of benzene rings is 1. The van der Waals surface area contributed by atoms with Gasteiger partial charge in [-0.3, -0.25) is 0 Å². The van der Waals surface area contributed by atoms with Gasteiger partial charge in [0.25, 0.3) is 0 Å². The Morgan fingerprint density at radius 1 is 1.43 bits per heavy atom. The van der Waals surface area contributed by atoms with Crippen LogP contribution in [0.25, 0.3) is 11.1 Å². The second-order valence-electron chi connectivity index (χ2n) is 2.92. The zero-order valence-corrected chi connectivity index (χ0v) is 7.47. The van der Waals surface area contributed by atoms with Crippen LogP contribution >= 0.6 is 0 Å². The lowest BCUT2D eigenvalue weighted by Crippen LogP contribution is -1.95. The Morgan fingerprint density at radius 3 is 3.00 bits per heavy atom. The quantitative estimate of drug-likeness (QED) is 0.752. The van der Waals surface area contributed by atoms with Crippen molar-refractivity contribution in [3.63, 3.8) is 0 Å². The van der Waals surface area contributed by atoms with E-state index in [1.807, 2.05) is 6.07 Å². The van der Waals surface area contributed by atoms with Crippen LogP contribution in [-0.2, 0) is 6.54 Å². The van der Waals surface area contributed by atoms with Crippen molar-refractivity contribution in [3.05, 3.63) is 36.2 Å². The number of phenols is 1. The second kappa shape index (κ2) is 3.51. The van der Waals surface area contributed by atoms with Crippen LogP contribution in [0.3, 0.4) is 0 Å². The molecule has 0 fully saturated rings. The van der Waals surface area contributed by atoms with E-state index in [1.54, 1.807) is 24.4 Å². The van der Waals surface area contributed by atoms with Gasteiger partial charge in [0, 0.05) is 5.56 Å². The van der Waals surface area contributed by atoms with Crippen molar-refractivity contribution in [2.75, 3.05) is 0 Å². The summed E-state index contributed by atoms with van der Waals surface area (Å²) in [6.07, 6.45) is 1.59. The maximum atomic E-state index is 9.29.